The van der Waals surface area contributed by atoms with E-state index < -0.39 is 0 Å². The van der Waals surface area contributed by atoms with Crippen molar-refractivity contribution in [2.45, 2.75) is 32.9 Å². The zero-order chi connectivity index (χ0) is 15.2. The van der Waals surface area contributed by atoms with Crippen molar-refractivity contribution < 1.29 is 9.47 Å². The summed E-state index contributed by atoms with van der Waals surface area (Å²) in [7, 11) is 1.65. The third-order valence-electron chi connectivity index (χ3n) is 3.60. The molecule has 0 saturated carbocycles. The highest BCUT2D eigenvalue weighted by atomic mass is 35.5. The van der Waals surface area contributed by atoms with Crippen molar-refractivity contribution in [3.63, 3.8) is 0 Å². The molecule has 1 aromatic carbocycles. The first kappa shape index (κ1) is 19.4. The van der Waals surface area contributed by atoms with E-state index in [2.05, 4.69) is 24.1 Å². The Bertz CT molecular complexity index is 472. The van der Waals surface area contributed by atoms with E-state index in [1.165, 1.54) is 0 Å². The van der Waals surface area contributed by atoms with Crippen LogP contribution in [0.1, 0.15) is 25.8 Å². The van der Waals surface area contributed by atoms with Gasteiger partial charge in [0.25, 0.3) is 0 Å². The predicted molar refractivity (Wildman–Crippen MR) is 93.8 cm³/mol. The third kappa shape index (κ3) is 5.20. The van der Waals surface area contributed by atoms with Crippen LogP contribution in [-0.2, 0) is 6.54 Å². The lowest BCUT2D eigenvalue weighted by Crippen LogP contribution is -2.48. The first-order valence-electron chi connectivity index (χ1n) is 7.59. The molecule has 1 fully saturated rings. The van der Waals surface area contributed by atoms with Crippen molar-refractivity contribution in [1.29, 1.82) is 0 Å². The minimum Gasteiger partial charge on any atom is -0.493 e. The maximum absolute atomic E-state index is 6.36. The van der Waals surface area contributed by atoms with E-state index in [9.17, 15) is 0 Å². The summed E-state index contributed by atoms with van der Waals surface area (Å²) >= 11 is 6.36. The number of rotatable bonds is 6. The number of hydrogen-bond acceptors (Lipinski definition) is 4. The summed E-state index contributed by atoms with van der Waals surface area (Å²) in [4.78, 5) is 2.43. The number of nitrogens with one attached hydrogen (secondary N) is 1. The fourth-order valence-electron chi connectivity index (χ4n) is 2.62. The molecule has 1 N–H and O–H groups in total. The molecule has 6 heteroatoms. The van der Waals surface area contributed by atoms with Crippen LogP contribution in [0.5, 0.6) is 11.5 Å². The molecule has 0 aromatic heterocycles. The number of ether oxygens (including phenoxy) is 2. The summed E-state index contributed by atoms with van der Waals surface area (Å²) in [6.07, 6.45) is 0.944. The Balaban J connectivity index is 0.00000242. The van der Waals surface area contributed by atoms with Gasteiger partial charge in [0.05, 0.1) is 18.7 Å². The van der Waals surface area contributed by atoms with Crippen molar-refractivity contribution >= 4 is 24.0 Å². The molecule has 0 spiro atoms. The Morgan fingerprint density at radius 2 is 2.18 bits per heavy atom. The fourth-order valence-corrected chi connectivity index (χ4v) is 2.91. The molecule has 0 bridgehead atoms. The molecule has 0 aliphatic carbocycles. The molecule has 1 atom stereocenters. The van der Waals surface area contributed by atoms with Crippen molar-refractivity contribution in [3.05, 3.63) is 22.7 Å². The van der Waals surface area contributed by atoms with Gasteiger partial charge in [-0.3, -0.25) is 4.90 Å². The number of methoxy groups -OCH3 is 1. The predicted octanol–water partition coefficient (Wildman–Crippen LogP) is 3.35. The van der Waals surface area contributed by atoms with E-state index in [4.69, 9.17) is 21.1 Å². The first-order chi connectivity index (χ1) is 10.1. The van der Waals surface area contributed by atoms with Crippen LogP contribution < -0.4 is 14.8 Å². The second-order valence-electron chi connectivity index (χ2n) is 5.55. The van der Waals surface area contributed by atoms with E-state index in [0.717, 1.165) is 38.2 Å². The van der Waals surface area contributed by atoms with Gasteiger partial charge in [-0.1, -0.05) is 18.5 Å². The zero-order valence-electron chi connectivity index (χ0n) is 13.5. The van der Waals surface area contributed by atoms with Crippen LogP contribution in [0.2, 0.25) is 5.02 Å². The van der Waals surface area contributed by atoms with Crippen LogP contribution in [-0.4, -0.2) is 44.3 Å². The van der Waals surface area contributed by atoms with Gasteiger partial charge in [-0.2, -0.15) is 0 Å². The molecule has 0 amide bonds. The van der Waals surface area contributed by atoms with E-state index in [1.807, 2.05) is 12.1 Å². The van der Waals surface area contributed by atoms with Gasteiger partial charge in [0, 0.05) is 32.2 Å². The lowest BCUT2D eigenvalue weighted by atomic mass is 10.1. The Morgan fingerprint density at radius 1 is 1.41 bits per heavy atom. The van der Waals surface area contributed by atoms with E-state index in [-0.39, 0.29) is 12.4 Å². The van der Waals surface area contributed by atoms with Crippen molar-refractivity contribution in [3.8, 4) is 11.5 Å². The standard InChI is InChI=1S/C16H25ClN2O2.ClH/c1-4-7-21-16-14(17)8-13(9-15(16)20-3)11-19-6-5-18-12(2)10-19;/h8-9,12,18H,4-7,10-11H2,1-3H3;1H/t12-;/m0./s1. The van der Waals surface area contributed by atoms with Gasteiger partial charge in [-0.15, -0.1) is 12.4 Å². The summed E-state index contributed by atoms with van der Waals surface area (Å²) in [5, 5.41) is 4.08. The van der Waals surface area contributed by atoms with Crippen LogP contribution in [0, 0.1) is 0 Å². The Kier molecular flexibility index (Phi) is 8.33. The first-order valence-corrected chi connectivity index (χ1v) is 7.96. The highest BCUT2D eigenvalue weighted by molar-refractivity contribution is 6.32. The summed E-state index contributed by atoms with van der Waals surface area (Å²) in [6, 6.07) is 4.55. The minimum absolute atomic E-state index is 0. The van der Waals surface area contributed by atoms with Crippen molar-refractivity contribution in [2.75, 3.05) is 33.4 Å². The van der Waals surface area contributed by atoms with Gasteiger partial charge in [-0.25, -0.2) is 0 Å². The molecular formula is C16H26Cl2N2O2. The minimum atomic E-state index is 0. The molecular weight excluding hydrogens is 323 g/mol. The molecule has 1 aliphatic rings. The van der Waals surface area contributed by atoms with Gasteiger partial charge < -0.3 is 14.8 Å². The van der Waals surface area contributed by atoms with Crippen LogP contribution in [0.4, 0.5) is 0 Å². The average Bonchev–Trinajstić information content (AvgIpc) is 2.45. The molecule has 1 aromatic rings. The quantitative estimate of drug-likeness (QED) is 0.854. The SMILES string of the molecule is CCCOc1c(Cl)cc(CN2CCN[C@@H](C)C2)cc1OC.Cl. The topological polar surface area (TPSA) is 33.7 Å². The molecule has 126 valence electrons. The second-order valence-corrected chi connectivity index (χ2v) is 5.95. The van der Waals surface area contributed by atoms with Crippen LogP contribution in [0.15, 0.2) is 12.1 Å². The highest BCUT2D eigenvalue weighted by Crippen LogP contribution is 2.36. The average molecular weight is 349 g/mol. The summed E-state index contributed by atoms with van der Waals surface area (Å²) in [5.74, 6) is 1.37. The molecule has 4 nitrogen and oxygen atoms in total. The Labute approximate surface area is 144 Å². The third-order valence-corrected chi connectivity index (χ3v) is 3.88. The molecule has 2 rings (SSSR count). The van der Waals surface area contributed by atoms with E-state index >= 15 is 0 Å². The smallest absolute Gasteiger partial charge is 0.179 e. The van der Waals surface area contributed by atoms with Gasteiger partial charge in [0.15, 0.2) is 11.5 Å². The van der Waals surface area contributed by atoms with Gasteiger partial charge in [-0.05, 0) is 31.0 Å². The van der Waals surface area contributed by atoms with Gasteiger partial charge >= 0.3 is 0 Å². The zero-order valence-corrected chi connectivity index (χ0v) is 15.1. The number of hydrogen-bond donors (Lipinski definition) is 1. The van der Waals surface area contributed by atoms with Gasteiger partial charge in [0.1, 0.15) is 0 Å². The molecule has 1 heterocycles. The normalized spacial score (nSPS) is 18.6. The molecule has 0 radical (unpaired) electrons. The van der Waals surface area contributed by atoms with E-state index in [0.29, 0.717) is 29.2 Å². The number of benzene rings is 1. The Hall–Kier alpha value is -0.680. The van der Waals surface area contributed by atoms with Crippen LogP contribution >= 0.6 is 24.0 Å². The number of nitrogens with zero attached hydrogens (tertiary/aromatic N) is 1. The fraction of sp³-hybridized carbons (Fsp3) is 0.625. The largest absolute Gasteiger partial charge is 0.493 e. The maximum Gasteiger partial charge on any atom is 0.179 e. The number of piperazine rings is 1. The van der Waals surface area contributed by atoms with Crippen molar-refractivity contribution in [2.24, 2.45) is 0 Å². The Morgan fingerprint density at radius 3 is 2.82 bits per heavy atom. The number of halogens is 2. The summed E-state index contributed by atoms with van der Waals surface area (Å²) in [5.41, 5.74) is 1.16. The summed E-state index contributed by atoms with van der Waals surface area (Å²) in [6.45, 7) is 8.94. The van der Waals surface area contributed by atoms with Crippen molar-refractivity contribution in [1.82, 2.24) is 10.2 Å². The monoisotopic (exact) mass is 348 g/mol. The van der Waals surface area contributed by atoms with E-state index in [1.54, 1.807) is 7.11 Å². The molecule has 1 aliphatic heterocycles. The lowest BCUT2D eigenvalue weighted by Gasteiger charge is -2.32. The second kappa shape index (κ2) is 9.46. The maximum atomic E-state index is 6.36. The lowest BCUT2D eigenvalue weighted by molar-refractivity contribution is 0.199. The van der Waals surface area contributed by atoms with Gasteiger partial charge in [0.2, 0.25) is 0 Å². The molecule has 0 unspecified atom stereocenters. The molecule has 1 saturated heterocycles. The van der Waals surface area contributed by atoms with Crippen LogP contribution in [0.25, 0.3) is 0 Å². The summed E-state index contributed by atoms with van der Waals surface area (Å²) < 4.78 is 11.1. The molecule has 22 heavy (non-hydrogen) atoms. The van der Waals surface area contributed by atoms with Crippen LogP contribution in [0.3, 0.4) is 0 Å². The highest BCUT2D eigenvalue weighted by Gasteiger charge is 2.18.